The van der Waals surface area contributed by atoms with Gasteiger partial charge in [-0.2, -0.15) is 11.8 Å². The molecule has 23 heavy (non-hydrogen) atoms. The molecule has 0 saturated heterocycles. The third-order valence-electron chi connectivity index (χ3n) is 4.77. The van der Waals surface area contributed by atoms with Crippen LogP contribution >= 0.6 is 11.8 Å². The lowest BCUT2D eigenvalue weighted by Gasteiger charge is -2.30. The predicted molar refractivity (Wildman–Crippen MR) is 97.4 cm³/mol. The van der Waals surface area contributed by atoms with E-state index in [2.05, 4.69) is 23.2 Å². The van der Waals surface area contributed by atoms with Crippen LogP contribution in [0.4, 0.5) is 0 Å². The normalized spacial score (nSPS) is 22.8. The van der Waals surface area contributed by atoms with Crippen LogP contribution in [-0.2, 0) is 0 Å². The summed E-state index contributed by atoms with van der Waals surface area (Å²) in [7, 11) is 2.12. The van der Waals surface area contributed by atoms with Crippen LogP contribution in [0.2, 0.25) is 0 Å². The lowest BCUT2D eigenvalue weighted by molar-refractivity contribution is 0.0651. The monoisotopic (exact) mass is 334 g/mol. The Balaban J connectivity index is 1.53. The molecule has 2 N–H and O–H groups in total. The van der Waals surface area contributed by atoms with Crippen LogP contribution in [0.15, 0.2) is 30.5 Å². The number of likely N-dealkylation sites (N-methyl/N-ethyl adjacent to an activating group) is 1. The van der Waals surface area contributed by atoms with Crippen molar-refractivity contribution in [3.8, 4) is 5.75 Å². The Labute approximate surface area is 142 Å². The van der Waals surface area contributed by atoms with E-state index < -0.39 is 6.10 Å². The minimum Gasteiger partial charge on any atom is -0.490 e. The van der Waals surface area contributed by atoms with Gasteiger partial charge in [0.15, 0.2) is 0 Å². The van der Waals surface area contributed by atoms with Gasteiger partial charge < -0.3 is 14.8 Å². The van der Waals surface area contributed by atoms with E-state index in [1.54, 1.807) is 0 Å². The molecule has 1 saturated carbocycles. The summed E-state index contributed by atoms with van der Waals surface area (Å²) in [6.07, 6.45) is 7.44. The highest BCUT2D eigenvalue weighted by atomic mass is 32.2. The van der Waals surface area contributed by atoms with Gasteiger partial charge >= 0.3 is 0 Å². The Morgan fingerprint density at radius 2 is 2.26 bits per heavy atom. The van der Waals surface area contributed by atoms with E-state index in [1.165, 1.54) is 19.3 Å². The molecular formula is C18H26N2O2S. The number of H-pyrrole nitrogens is 1. The number of nitrogens with zero attached hydrogens (tertiary/aromatic N) is 1. The third kappa shape index (κ3) is 3.84. The zero-order valence-electron chi connectivity index (χ0n) is 13.9. The Morgan fingerprint density at radius 1 is 1.39 bits per heavy atom. The van der Waals surface area contributed by atoms with Crippen molar-refractivity contribution in [1.29, 1.82) is 0 Å². The van der Waals surface area contributed by atoms with E-state index in [4.69, 9.17) is 4.74 Å². The highest BCUT2D eigenvalue weighted by Crippen LogP contribution is 2.31. The summed E-state index contributed by atoms with van der Waals surface area (Å²) in [4.78, 5) is 5.48. The Morgan fingerprint density at radius 3 is 3.09 bits per heavy atom. The topological polar surface area (TPSA) is 48.5 Å². The maximum absolute atomic E-state index is 10.3. The number of nitrogens with one attached hydrogen (secondary N) is 1. The maximum atomic E-state index is 10.3. The number of aromatic amines is 1. The van der Waals surface area contributed by atoms with Gasteiger partial charge in [0, 0.05) is 34.9 Å². The molecule has 3 rings (SSSR count). The first-order valence-electron chi connectivity index (χ1n) is 8.29. The lowest BCUT2D eigenvalue weighted by Crippen LogP contribution is -2.42. The molecule has 0 radical (unpaired) electrons. The van der Waals surface area contributed by atoms with E-state index in [0.29, 0.717) is 24.4 Å². The summed E-state index contributed by atoms with van der Waals surface area (Å²) in [5, 5.41) is 12.1. The highest BCUT2D eigenvalue weighted by molar-refractivity contribution is 7.99. The summed E-state index contributed by atoms with van der Waals surface area (Å²) in [6.45, 7) is 0.982. The van der Waals surface area contributed by atoms with Gasteiger partial charge in [-0.25, -0.2) is 0 Å². The average Bonchev–Trinajstić information content (AvgIpc) is 3.21. The fraction of sp³-hybridized carbons (Fsp3) is 0.556. The Kier molecular flexibility index (Phi) is 5.51. The van der Waals surface area contributed by atoms with E-state index in [1.807, 2.05) is 42.2 Å². The second kappa shape index (κ2) is 7.60. The molecule has 1 heterocycles. The van der Waals surface area contributed by atoms with E-state index in [9.17, 15) is 5.11 Å². The molecule has 0 spiro atoms. The fourth-order valence-electron chi connectivity index (χ4n) is 3.57. The van der Waals surface area contributed by atoms with Gasteiger partial charge in [0.05, 0.1) is 0 Å². The number of thioether (sulfide) groups is 1. The number of ether oxygens (including phenoxy) is 1. The van der Waals surface area contributed by atoms with Crippen molar-refractivity contribution in [2.45, 2.75) is 36.7 Å². The molecule has 0 amide bonds. The van der Waals surface area contributed by atoms with Crippen molar-refractivity contribution >= 4 is 22.7 Å². The number of aliphatic hydroxyl groups is 1. The molecule has 1 aliphatic rings. The molecule has 2 aromatic rings. The quantitative estimate of drug-likeness (QED) is 0.817. The molecule has 3 unspecified atom stereocenters. The molecule has 1 fully saturated rings. The largest absolute Gasteiger partial charge is 0.490 e. The zero-order valence-corrected chi connectivity index (χ0v) is 14.7. The van der Waals surface area contributed by atoms with Crippen LogP contribution in [0.25, 0.3) is 10.9 Å². The molecular weight excluding hydrogens is 308 g/mol. The smallest absolute Gasteiger partial charge is 0.128 e. The van der Waals surface area contributed by atoms with Crippen molar-refractivity contribution in [3.05, 3.63) is 30.5 Å². The van der Waals surface area contributed by atoms with Gasteiger partial charge in [-0.1, -0.05) is 12.5 Å². The molecule has 126 valence electrons. The molecule has 3 atom stereocenters. The first kappa shape index (κ1) is 16.7. The van der Waals surface area contributed by atoms with Crippen LogP contribution in [0.5, 0.6) is 5.75 Å². The highest BCUT2D eigenvalue weighted by Gasteiger charge is 2.30. The Hall–Kier alpha value is -1.17. The number of benzene rings is 1. The van der Waals surface area contributed by atoms with Crippen molar-refractivity contribution in [1.82, 2.24) is 9.88 Å². The van der Waals surface area contributed by atoms with Gasteiger partial charge in [0.2, 0.25) is 0 Å². The van der Waals surface area contributed by atoms with E-state index in [0.717, 1.165) is 16.7 Å². The number of hydrogen-bond donors (Lipinski definition) is 2. The average molecular weight is 334 g/mol. The van der Waals surface area contributed by atoms with Crippen molar-refractivity contribution in [2.24, 2.45) is 0 Å². The summed E-state index contributed by atoms with van der Waals surface area (Å²) in [6, 6.07) is 8.52. The van der Waals surface area contributed by atoms with Crippen LogP contribution in [0.1, 0.15) is 19.3 Å². The second-order valence-corrected chi connectivity index (χ2v) is 7.45. The number of aromatic nitrogens is 1. The number of rotatable bonds is 7. The second-order valence-electron chi connectivity index (χ2n) is 6.37. The van der Waals surface area contributed by atoms with Gasteiger partial charge in [0.25, 0.3) is 0 Å². The molecule has 1 aromatic heterocycles. The summed E-state index contributed by atoms with van der Waals surface area (Å²) >= 11 is 1.95. The summed E-state index contributed by atoms with van der Waals surface area (Å²) in [5.74, 6) is 0.827. The fourth-order valence-corrected chi connectivity index (χ4v) is 4.63. The van der Waals surface area contributed by atoms with Gasteiger partial charge in [-0.3, -0.25) is 4.90 Å². The predicted octanol–water partition coefficient (Wildman–Crippen LogP) is 3.12. The van der Waals surface area contributed by atoms with E-state index in [-0.39, 0.29) is 0 Å². The van der Waals surface area contributed by atoms with Gasteiger partial charge in [-0.15, -0.1) is 0 Å². The van der Waals surface area contributed by atoms with Crippen molar-refractivity contribution in [3.63, 3.8) is 0 Å². The van der Waals surface area contributed by atoms with Crippen LogP contribution in [0.3, 0.4) is 0 Å². The summed E-state index contributed by atoms with van der Waals surface area (Å²) < 4.78 is 5.85. The van der Waals surface area contributed by atoms with Crippen molar-refractivity contribution < 1.29 is 9.84 Å². The first-order chi connectivity index (χ1) is 11.2. The van der Waals surface area contributed by atoms with Gasteiger partial charge in [-0.05, 0) is 44.3 Å². The molecule has 0 bridgehead atoms. The molecule has 4 nitrogen and oxygen atoms in total. The maximum Gasteiger partial charge on any atom is 0.128 e. The molecule has 0 aliphatic heterocycles. The summed E-state index contributed by atoms with van der Waals surface area (Å²) in [5.41, 5.74) is 1.06. The minimum absolute atomic E-state index is 0.325. The minimum atomic E-state index is -0.475. The Bertz CT molecular complexity index is 630. The first-order valence-corrected chi connectivity index (χ1v) is 9.58. The van der Waals surface area contributed by atoms with Crippen LogP contribution < -0.4 is 4.74 Å². The molecule has 1 aliphatic carbocycles. The molecule has 1 aromatic carbocycles. The SMILES string of the molecule is CSC1CCCC1N(C)CC(O)COc1cccc2[nH]ccc12. The lowest BCUT2D eigenvalue weighted by atomic mass is 10.2. The van der Waals surface area contributed by atoms with Crippen LogP contribution in [-0.4, -0.2) is 58.8 Å². The van der Waals surface area contributed by atoms with E-state index >= 15 is 0 Å². The number of aliphatic hydroxyl groups excluding tert-OH is 1. The third-order valence-corrected chi connectivity index (χ3v) is 5.93. The number of fused-ring (bicyclic) bond motifs is 1. The standard InChI is InChI=1S/C18H26N2O2S/c1-20(16-6-4-8-18(16)23-2)11-13(21)12-22-17-7-3-5-15-14(17)9-10-19-15/h3,5,7,9-10,13,16,18-19,21H,4,6,8,11-12H2,1-2H3. The van der Waals surface area contributed by atoms with Gasteiger partial charge in [0.1, 0.15) is 18.5 Å². The zero-order chi connectivity index (χ0) is 16.2. The van der Waals surface area contributed by atoms with Crippen molar-refractivity contribution in [2.75, 3.05) is 26.5 Å². The number of hydrogen-bond acceptors (Lipinski definition) is 4. The molecule has 5 heteroatoms. The van der Waals surface area contributed by atoms with Crippen LogP contribution in [0, 0.1) is 0 Å².